The minimum atomic E-state index is -3.01. The average Bonchev–Trinajstić information content (AvgIpc) is 2.13. The van der Waals surface area contributed by atoms with Crippen LogP contribution in [-0.2, 0) is 89.9 Å². The van der Waals surface area contributed by atoms with Crippen LogP contribution >= 0.6 is 0 Å². The zero-order valence-electron chi connectivity index (χ0n) is 47.4. The standard InChI is InChI=1S/C61H74N4O19.Na/c1-39(67)64-49-45(68)30-61(60(72)73,83-53(49)50(70)46(69)31-66)84-54-51(71)47(37-74-32-40-18-7-2-8-19-40)80-59(56(54)78-35-43-24-13-5-14-25-43)82-52-48(38-75-33-41-20-9-3-10-21-41)81-58(76-29-17-28-63-65-62)57(79-36-44-26-15-6-16-27-44)55(52)77-34-42-22-11-4-12-23-42;/h2-16,18-27,45-59,66,68-71H,17,28-38H2,1H3,(H,64,67)(H,72,73);/q;+1/p-1/t45-,46+,47+,48+,49+,50+,51-,52+,53+,54-,55-,56+,57+,58+,59-,61-;/m0./s1. The number of hydrogen-bond donors (Lipinski definition) is 6. The summed E-state index contributed by atoms with van der Waals surface area (Å²) < 4.78 is 73.3. The van der Waals surface area contributed by atoms with Crippen LogP contribution in [0.2, 0.25) is 0 Å². The molecule has 0 aliphatic carbocycles. The summed E-state index contributed by atoms with van der Waals surface area (Å²) in [6, 6.07) is 44.6. The van der Waals surface area contributed by atoms with E-state index in [0.29, 0.717) is 12.0 Å². The molecule has 16 atom stereocenters. The normalized spacial score (nSPS) is 28.5. The first-order chi connectivity index (χ1) is 40.9. The van der Waals surface area contributed by atoms with Crippen molar-refractivity contribution in [3.63, 3.8) is 0 Å². The third-order valence-electron chi connectivity index (χ3n) is 14.3. The second-order valence-electron chi connectivity index (χ2n) is 20.5. The van der Waals surface area contributed by atoms with Crippen molar-refractivity contribution in [3.05, 3.63) is 190 Å². The van der Waals surface area contributed by atoms with E-state index in [-0.39, 0.29) is 89.0 Å². The Hall–Kier alpha value is -5.29. The molecule has 3 aliphatic heterocycles. The predicted molar refractivity (Wildman–Crippen MR) is 297 cm³/mol. The first-order valence-corrected chi connectivity index (χ1v) is 27.8. The Bertz CT molecular complexity index is 2800. The zero-order chi connectivity index (χ0) is 59.3. The maximum Gasteiger partial charge on any atom is 1.00 e. The molecule has 0 spiro atoms. The first kappa shape index (κ1) is 67.2. The van der Waals surface area contributed by atoms with Crippen molar-refractivity contribution in [2.45, 2.75) is 150 Å². The molecule has 0 saturated carbocycles. The van der Waals surface area contributed by atoms with Crippen LogP contribution in [0.4, 0.5) is 0 Å². The van der Waals surface area contributed by atoms with Crippen LogP contribution in [0.3, 0.4) is 0 Å². The third-order valence-corrected chi connectivity index (χ3v) is 14.3. The van der Waals surface area contributed by atoms with Gasteiger partial charge in [0.1, 0.15) is 73.2 Å². The van der Waals surface area contributed by atoms with Crippen molar-refractivity contribution in [2.24, 2.45) is 10.1 Å². The Morgan fingerprint density at radius 1 is 0.671 bits per heavy atom. The molecule has 5 aromatic rings. The number of ether oxygens (including phenoxy) is 11. The van der Waals surface area contributed by atoms with Crippen LogP contribution in [0.15, 0.2) is 162 Å². The van der Waals surface area contributed by atoms with Crippen molar-refractivity contribution in [3.8, 4) is 0 Å². The number of aliphatic hydroxyl groups excluding tert-OH is 5. The molecule has 3 fully saturated rings. The van der Waals surface area contributed by atoms with E-state index < -0.39 is 123 Å². The molecule has 6 N–H and O–H groups in total. The number of rotatable bonds is 31. The van der Waals surface area contributed by atoms with Gasteiger partial charge in [0.05, 0.1) is 59.0 Å². The van der Waals surface area contributed by atoms with Gasteiger partial charge >= 0.3 is 35.5 Å². The van der Waals surface area contributed by atoms with Gasteiger partial charge in [0, 0.05) is 24.5 Å². The van der Waals surface area contributed by atoms with Crippen LogP contribution in [-0.4, -0.2) is 173 Å². The van der Waals surface area contributed by atoms with Crippen molar-refractivity contribution < 1.29 is 122 Å². The SMILES string of the molecule is CC([O-])=N[C@H]1[C@H]([C@H](O)[C@H](O)CO)O[C@@](O[C@H]2[C@@H](O)[C@@H](COCc3ccccc3)O[C@@H](O[C@H]3[C@H](OCc4ccccc4)[C@@H](OCc4ccccc4)[C@H](OCCCN=[N+]=[N-])O[C@@H]3COCc3ccccc3)[C@@H]2OCc2ccccc2)(C(=O)O)C[C@@H]1O.[Na+]. The van der Waals surface area contributed by atoms with Crippen LogP contribution in [0.5, 0.6) is 0 Å². The van der Waals surface area contributed by atoms with E-state index in [1.807, 2.05) is 121 Å². The van der Waals surface area contributed by atoms with Crippen molar-refractivity contribution >= 4 is 11.9 Å². The monoisotopic (exact) mass is 1190 g/mol. The molecule has 3 aliphatic rings. The molecule has 85 heavy (non-hydrogen) atoms. The molecule has 5 aromatic carbocycles. The molecule has 452 valence electrons. The predicted octanol–water partition coefficient (Wildman–Crippen LogP) is 1.27. The van der Waals surface area contributed by atoms with Gasteiger partial charge in [0.25, 0.3) is 5.79 Å². The fourth-order valence-electron chi connectivity index (χ4n) is 10.1. The summed E-state index contributed by atoms with van der Waals surface area (Å²) in [5, 5.41) is 83.9. The van der Waals surface area contributed by atoms with Crippen LogP contribution in [0.1, 0.15) is 47.6 Å². The molecule has 0 amide bonds. The fraction of sp³-hybridized carbons (Fsp3) is 0.475. The zero-order valence-corrected chi connectivity index (χ0v) is 49.4. The molecule has 3 saturated heterocycles. The molecular formula is C61H73N4NaO19. The van der Waals surface area contributed by atoms with E-state index in [9.17, 15) is 40.5 Å². The molecule has 3 heterocycles. The van der Waals surface area contributed by atoms with Gasteiger partial charge in [-0.05, 0) is 52.6 Å². The topological polar surface area (TPSA) is 324 Å². The second-order valence-corrected chi connectivity index (χ2v) is 20.5. The molecule has 0 aromatic heterocycles. The Morgan fingerprint density at radius 3 is 1.60 bits per heavy atom. The van der Waals surface area contributed by atoms with Gasteiger partial charge in [0.15, 0.2) is 12.6 Å². The van der Waals surface area contributed by atoms with Crippen LogP contribution in [0.25, 0.3) is 10.4 Å². The molecule has 23 nitrogen and oxygen atoms in total. The third kappa shape index (κ3) is 19.1. The number of benzene rings is 5. The van der Waals surface area contributed by atoms with Crippen molar-refractivity contribution in [1.29, 1.82) is 0 Å². The summed E-state index contributed by atoms with van der Waals surface area (Å²) in [5.74, 6) is -5.70. The van der Waals surface area contributed by atoms with E-state index >= 15 is 0 Å². The van der Waals surface area contributed by atoms with Gasteiger partial charge in [0.2, 0.25) is 0 Å². The number of azide groups is 1. The first-order valence-electron chi connectivity index (χ1n) is 27.8. The maximum atomic E-state index is 13.9. The van der Waals surface area contributed by atoms with Crippen LogP contribution < -0.4 is 34.7 Å². The summed E-state index contributed by atoms with van der Waals surface area (Å²) in [5.41, 5.74) is 12.9. The molecule has 24 heteroatoms. The number of aliphatic hydroxyl groups is 5. The van der Waals surface area contributed by atoms with E-state index in [4.69, 9.17) is 57.6 Å². The van der Waals surface area contributed by atoms with Crippen molar-refractivity contribution in [1.82, 2.24) is 0 Å². The smallest absolute Gasteiger partial charge is 0.862 e. The summed E-state index contributed by atoms with van der Waals surface area (Å²) in [6.45, 7) is -0.287. The maximum absolute atomic E-state index is 13.9. The van der Waals surface area contributed by atoms with Gasteiger partial charge in [-0.3, -0.25) is 4.99 Å². The Balaban J connectivity index is 0.0000104. The summed E-state index contributed by atoms with van der Waals surface area (Å²) in [6.07, 6.45) is -22.9. The number of hydrogen-bond acceptors (Lipinski definition) is 20. The van der Waals surface area contributed by atoms with E-state index in [2.05, 4.69) is 15.0 Å². The molecule has 0 unspecified atom stereocenters. The van der Waals surface area contributed by atoms with Gasteiger partial charge in [-0.1, -0.05) is 157 Å². The Kier molecular flexibility index (Phi) is 27.1. The number of carboxylic acid groups (broad SMARTS) is 1. The summed E-state index contributed by atoms with van der Waals surface area (Å²) in [4.78, 5) is 20.7. The second kappa shape index (κ2) is 34.3. The molecule has 0 radical (unpaired) electrons. The largest absolute Gasteiger partial charge is 1.00 e. The average molecular weight is 1190 g/mol. The van der Waals surface area contributed by atoms with Gasteiger partial charge < -0.3 is 87.9 Å². The Morgan fingerprint density at radius 2 is 1.13 bits per heavy atom. The fourth-order valence-corrected chi connectivity index (χ4v) is 10.1. The molecular weight excluding hydrogens is 1120 g/mol. The minimum Gasteiger partial charge on any atom is -0.862 e. The van der Waals surface area contributed by atoms with E-state index in [1.54, 1.807) is 30.3 Å². The van der Waals surface area contributed by atoms with Gasteiger partial charge in [-0.15, -0.1) is 0 Å². The summed E-state index contributed by atoms with van der Waals surface area (Å²) in [7, 11) is 0. The number of aliphatic imine (C=N–C) groups is 1. The minimum absolute atomic E-state index is 0. The molecule has 0 bridgehead atoms. The van der Waals surface area contributed by atoms with Gasteiger partial charge in [-0.25, -0.2) is 4.79 Å². The Labute approximate surface area is 514 Å². The van der Waals surface area contributed by atoms with E-state index in [1.165, 1.54) is 0 Å². The number of nitrogens with zero attached hydrogens (tertiary/aromatic N) is 4. The van der Waals surface area contributed by atoms with Gasteiger partial charge in [-0.2, -0.15) is 0 Å². The number of aliphatic carboxylic acids is 1. The van der Waals surface area contributed by atoms with E-state index in [0.717, 1.165) is 29.2 Å². The quantitative estimate of drug-likeness (QED) is 0.00692. The van der Waals surface area contributed by atoms with Crippen LogP contribution in [0, 0.1) is 0 Å². The summed E-state index contributed by atoms with van der Waals surface area (Å²) >= 11 is 0. The van der Waals surface area contributed by atoms with Crippen molar-refractivity contribution in [2.75, 3.05) is 33.0 Å². The number of carboxylic acids is 1. The molecule has 8 rings (SSSR count). The number of carbonyl (C=O) groups is 1.